The van der Waals surface area contributed by atoms with Crippen molar-refractivity contribution in [1.29, 1.82) is 0 Å². The summed E-state index contributed by atoms with van der Waals surface area (Å²) >= 11 is 0. The number of fused-ring (bicyclic) bond motifs is 3. The lowest BCUT2D eigenvalue weighted by molar-refractivity contribution is 0.590. The van der Waals surface area contributed by atoms with E-state index in [1.54, 1.807) is 0 Å². The van der Waals surface area contributed by atoms with E-state index < -0.39 is 0 Å². The Morgan fingerprint density at radius 3 is 1.57 bits per heavy atom. The van der Waals surface area contributed by atoms with Crippen LogP contribution >= 0.6 is 0 Å². The van der Waals surface area contributed by atoms with Gasteiger partial charge >= 0.3 is 0 Å². The minimum Gasteiger partial charge on any atom is -0.309 e. The highest BCUT2D eigenvalue weighted by atomic mass is 15.4. The first kappa shape index (κ1) is 27.8. The van der Waals surface area contributed by atoms with Crippen molar-refractivity contribution >= 4 is 21.8 Å². The Hall–Kier alpha value is -5.74. The molecule has 222 valence electrons. The molecule has 0 fully saturated rings. The molecular formula is C42H34N4. The van der Waals surface area contributed by atoms with Crippen molar-refractivity contribution in [3.8, 4) is 45.3 Å². The molecule has 0 spiro atoms. The van der Waals surface area contributed by atoms with E-state index in [1.807, 2.05) is 10.7 Å². The van der Waals surface area contributed by atoms with Crippen molar-refractivity contribution in [2.24, 2.45) is 0 Å². The van der Waals surface area contributed by atoms with Crippen molar-refractivity contribution in [2.45, 2.75) is 26.2 Å². The van der Waals surface area contributed by atoms with Gasteiger partial charge in [-0.3, -0.25) is 0 Å². The molecule has 0 saturated heterocycles. The predicted molar refractivity (Wildman–Crippen MR) is 191 cm³/mol. The minimum atomic E-state index is 0.0785. The summed E-state index contributed by atoms with van der Waals surface area (Å²) < 4.78 is 4.31. The van der Waals surface area contributed by atoms with E-state index in [-0.39, 0.29) is 5.41 Å². The van der Waals surface area contributed by atoms with Gasteiger partial charge in [-0.2, -0.15) is 0 Å². The molecule has 4 heteroatoms. The van der Waals surface area contributed by atoms with Gasteiger partial charge in [0.15, 0.2) is 11.6 Å². The summed E-state index contributed by atoms with van der Waals surface area (Å²) in [4.78, 5) is 5.12. The lowest BCUT2D eigenvalue weighted by atomic mass is 9.87. The van der Waals surface area contributed by atoms with Gasteiger partial charge in [-0.05, 0) is 58.5 Å². The molecule has 8 rings (SSSR count). The van der Waals surface area contributed by atoms with Crippen LogP contribution in [0.3, 0.4) is 0 Å². The lowest BCUT2D eigenvalue weighted by Gasteiger charge is -2.18. The zero-order valence-electron chi connectivity index (χ0n) is 26.2. The van der Waals surface area contributed by atoms with Gasteiger partial charge < -0.3 is 4.57 Å². The number of hydrogen-bond donors (Lipinski definition) is 0. The maximum absolute atomic E-state index is 5.12. The van der Waals surface area contributed by atoms with Crippen LogP contribution in [-0.2, 0) is 5.41 Å². The summed E-state index contributed by atoms with van der Waals surface area (Å²) in [5.41, 5.74) is 10.2. The Bertz CT molecular complexity index is 2250. The number of rotatable bonds is 5. The summed E-state index contributed by atoms with van der Waals surface area (Å²) in [6, 6.07) is 53.5. The first-order valence-corrected chi connectivity index (χ1v) is 15.8. The fraction of sp³-hybridized carbons (Fsp3) is 0.0952. The Morgan fingerprint density at radius 1 is 0.457 bits per heavy atom. The van der Waals surface area contributed by atoms with Crippen LogP contribution in [0.15, 0.2) is 152 Å². The van der Waals surface area contributed by atoms with Gasteiger partial charge in [0, 0.05) is 27.6 Å². The van der Waals surface area contributed by atoms with Crippen LogP contribution in [0.4, 0.5) is 0 Å². The zero-order valence-corrected chi connectivity index (χ0v) is 26.2. The number of para-hydroxylation sites is 2. The summed E-state index contributed by atoms with van der Waals surface area (Å²) in [5.74, 6) is 1.51. The largest absolute Gasteiger partial charge is 0.309 e. The van der Waals surface area contributed by atoms with E-state index in [0.717, 1.165) is 28.3 Å². The third kappa shape index (κ3) is 4.89. The van der Waals surface area contributed by atoms with E-state index in [2.05, 4.69) is 171 Å². The molecule has 46 heavy (non-hydrogen) atoms. The molecule has 8 aromatic rings. The van der Waals surface area contributed by atoms with Gasteiger partial charge in [0.1, 0.15) is 0 Å². The Morgan fingerprint density at radius 2 is 0.957 bits per heavy atom. The highest BCUT2D eigenvalue weighted by Crippen LogP contribution is 2.33. The SMILES string of the molecule is CC(C)(C)c1ccc(-c2nc(-c3ccc(-c4ccccc4)cc3)n(-c3ccc(-n4c5ccccc5c5ccccc54)cc3)n2)cc1. The van der Waals surface area contributed by atoms with Crippen LogP contribution in [0.1, 0.15) is 26.3 Å². The molecule has 0 saturated carbocycles. The van der Waals surface area contributed by atoms with Crippen molar-refractivity contribution in [3.63, 3.8) is 0 Å². The first-order valence-electron chi connectivity index (χ1n) is 15.8. The highest BCUT2D eigenvalue weighted by Gasteiger charge is 2.18. The molecule has 6 aromatic carbocycles. The first-order chi connectivity index (χ1) is 22.4. The Labute approximate surface area is 269 Å². The molecule has 0 N–H and O–H groups in total. The van der Waals surface area contributed by atoms with Crippen LogP contribution in [-0.4, -0.2) is 19.3 Å². The predicted octanol–water partition coefficient (Wildman–Crippen LogP) is 10.7. The summed E-state index contributed by atoms with van der Waals surface area (Å²) in [5, 5.41) is 7.59. The van der Waals surface area contributed by atoms with E-state index in [0.29, 0.717) is 5.82 Å². The van der Waals surface area contributed by atoms with Crippen LogP contribution in [0.25, 0.3) is 67.1 Å². The summed E-state index contributed by atoms with van der Waals surface area (Å²) in [7, 11) is 0. The zero-order chi connectivity index (χ0) is 31.3. The molecule has 2 aromatic heterocycles. The third-order valence-corrected chi connectivity index (χ3v) is 8.80. The summed E-state index contributed by atoms with van der Waals surface area (Å²) in [6.45, 7) is 6.69. The van der Waals surface area contributed by atoms with Gasteiger partial charge in [0.05, 0.1) is 16.7 Å². The third-order valence-electron chi connectivity index (χ3n) is 8.80. The molecule has 4 nitrogen and oxygen atoms in total. The maximum atomic E-state index is 5.12. The molecule has 0 unspecified atom stereocenters. The standard InChI is InChI=1S/C42H34N4/c1-42(2,3)33-23-21-31(22-24-33)40-43-41(32-19-17-30(18-20-32)29-11-5-4-6-12-29)46(44-40)35-27-25-34(26-28-35)45-38-15-9-7-13-36(38)37-14-8-10-16-39(37)45/h4-28H,1-3H3. The van der Waals surface area contributed by atoms with Gasteiger partial charge in [-0.25, -0.2) is 9.67 Å². The maximum Gasteiger partial charge on any atom is 0.182 e. The molecule has 0 aliphatic carbocycles. The number of aromatic nitrogens is 4. The fourth-order valence-electron chi connectivity index (χ4n) is 6.31. The van der Waals surface area contributed by atoms with Gasteiger partial charge in [-0.15, -0.1) is 5.10 Å². The molecule has 0 aliphatic heterocycles. The van der Waals surface area contributed by atoms with Crippen molar-refractivity contribution in [3.05, 3.63) is 157 Å². The second kappa shape index (κ2) is 11.0. The second-order valence-corrected chi connectivity index (χ2v) is 12.8. The van der Waals surface area contributed by atoms with E-state index in [4.69, 9.17) is 10.1 Å². The van der Waals surface area contributed by atoms with Crippen LogP contribution in [0, 0.1) is 0 Å². The topological polar surface area (TPSA) is 35.6 Å². The molecule has 0 amide bonds. The fourth-order valence-corrected chi connectivity index (χ4v) is 6.31. The Balaban J connectivity index is 1.23. The lowest BCUT2D eigenvalue weighted by Crippen LogP contribution is -2.10. The molecule has 0 aliphatic rings. The average molecular weight is 595 g/mol. The van der Waals surface area contributed by atoms with Gasteiger partial charge in [0.25, 0.3) is 0 Å². The number of hydrogen-bond acceptors (Lipinski definition) is 2. The second-order valence-electron chi connectivity index (χ2n) is 12.8. The molecule has 2 heterocycles. The van der Waals surface area contributed by atoms with Crippen LogP contribution in [0.2, 0.25) is 0 Å². The quantitative estimate of drug-likeness (QED) is 0.199. The normalized spacial score (nSPS) is 11.8. The molecule has 0 bridgehead atoms. The van der Waals surface area contributed by atoms with Gasteiger partial charge in [-0.1, -0.05) is 136 Å². The molecule has 0 radical (unpaired) electrons. The van der Waals surface area contributed by atoms with Crippen molar-refractivity contribution < 1.29 is 0 Å². The van der Waals surface area contributed by atoms with Crippen LogP contribution in [0.5, 0.6) is 0 Å². The monoisotopic (exact) mass is 594 g/mol. The smallest absolute Gasteiger partial charge is 0.182 e. The van der Waals surface area contributed by atoms with E-state index >= 15 is 0 Å². The summed E-state index contributed by atoms with van der Waals surface area (Å²) in [6.07, 6.45) is 0. The van der Waals surface area contributed by atoms with Crippen molar-refractivity contribution in [2.75, 3.05) is 0 Å². The molecular weight excluding hydrogens is 560 g/mol. The Kier molecular flexibility index (Phi) is 6.65. The van der Waals surface area contributed by atoms with Crippen LogP contribution < -0.4 is 0 Å². The van der Waals surface area contributed by atoms with E-state index in [1.165, 1.54) is 38.5 Å². The molecule has 0 atom stereocenters. The minimum absolute atomic E-state index is 0.0785. The van der Waals surface area contributed by atoms with Crippen molar-refractivity contribution in [1.82, 2.24) is 19.3 Å². The highest BCUT2D eigenvalue weighted by molar-refractivity contribution is 6.09. The number of nitrogens with zero attached hydrogens (tertiary/aromatic N) is 4. The average Bonchev–Trinajstić information content (AvgIpc) is 3.69. The van der Waals surface area contributed by atoms with Gasteiger partial charge in [0.2, 0.25) is 0 Å². The number of benzene rings is 6. The van der Waals surface area contributed by atoms with E-state index in [9.17, 15) is 0 Å².